The Bertz CT molecular complexity index is 1070. The van der Waals surface area contributed by atoms with Crippen molar-refractivity contribution in [2.75, 3.05) is 31.9 Å². The smallest absolute Gasteiger partial charge is 0.236 e. The molecule has 1 aromatic carbocycles. The van der Waals surface area contributed by atoms with Crippen LogP contribution in [0.4, 0.5) is 5.82 Å². The van der Waals surface area contributed by atoms with E-state index in [0.717, 1.165) is 34.1 Å². The van der Waals surface area contributed by atoms with Crippen LogP contribution >= 0.6 is 11.6 Å². The lowest BCUT2D eigenvalue weighted by Crippen LogP contribution is -2.47. The maximum atomic E-state index is 12.1. The van der Waals surface area contributed by atoms with Crippen molar-refractivity contribution in [3.8, 4) is 0 Å². The van der Waals surface area contributed by atoms with E-state index in [1.165, 1.54) is 6.33 Å². The number of hydrogen-bond acceptors (Lipinski definition) is 6. The Morgan fingerprint density at radius 3 is 2.93 bits per heavy atom. The van der Waals surface area contributed by atoms with Crippen LogP contribution in [-0.4, -0.2) is 51.9 Å². The van der Waals surface area contributed by atoms with Gasteiger partial charge < -0.3 is 16.0 Å². The van der Waals surface area contributed by atoms with Crippen molar-refractivity contribution in [2.24, 2.45) is 0 Å². The van der Waals surface area contributed by atoms with Crippen molar-refractivity contribution in [3.05, 3.63) is 65.2 Å². The summed E-state index contributed by atoms with van der Waals surface area (Å²) in [5.74, 6) is 0.579. The van der Waals surface area contributed by atoms with E-state index < -0.39 is 0 Å². The largest absolute Gasteiger partial charge is 0.383 e. The molecular formula is C21H21ClN6O. The number of nitrogen functional groups attached to an aromatic ring is 1. The molecule has 0 atom stereocenters. The van der Waals surface area contributed by atoms with Crippen LogP contribution in [0.5, 0.6) is 0 Å². The highest BCUT2D eigenvalue weighted by Gasteiger charge is 2.16. The van der Waals surface area contributed by atoms with Gasteiger partial charge in [-0.15, -0.1) is 0 Å². The van der Waals surface area contributed by atoms with Crippen LogP contribution in [0.3, 0.4) is 0 Å². The molecule has 148 valence electrons. The Kier molecular flexibility index (Phi) is 5.69. The minimum absolute atomic E-state index is 0.110. The van der Waals surface area contributed by atoms with Gasteiger partial charge in [-0.25, -0.2) is 15.0 Å². The van der Waals surface area contributed by atoms with Gasteiger partial charge in [0.25, 0.3) is 0 Å². The number of pyridine rings is 1. The first-order valence-electron chi connectivity index (χ1n) is 9.39. The molecule has 0 aliphatic carbocycles. The zero-order valence-corrected chi connectivity index (χ0v) is 16.6. The Morgan fingerprint density at radius 2 is 2.14 bits per heavy atom. The van der Waals surface area contributed by atoms with Crippen LogP contribution in [0.15, 0.2) is 48.9 Å². The third kappa shape index (κ3) is 4.52. The minimum atomic E-state index is 0.110. The maximum Gasteiger partial charge on any atom is 0.236 e. The van der Waals surface area contributed by atoms with E-state index in [4.69, 9.17) is 17.3 Å². The summed E-state index contributed by atoms with van der Waals surface area (Å²) in [6.07, 6.45) is 5.99. The molecule has 0 spiro atoms. The molecule has 1 aliphatic rings. The molecule has 1 saturated heterocycles. The lowest BCUT2D eigenvalue weighted by atomic mass is 9.98. The molecule has 7 nitrogen and oxygen atoms in total. The lowest BCUT2D eigenvalue weighted by molar-refractivity contribution is -0.131. The molecule has 8 heteroatoms. The molecule has 3 heterocycles. The topological polar surface area (TPSA) is 97.0 Å². The molecule has 1 amide bonds. The van der Waals surface area contributed by atoms with E-state index in [1.54, 1.807) is 12.3 Å². The van der Waals surface area contributed by atoms with E-state index in [2.05, 4.69) is 26.3 Å². The number of nitrogens with one attached hydrogen (secondary N) is 1. The molecule has 0 bridgehead atoms. The molecular weight excluding hydrogens is 388 g/mol. The predicted octanol–water partition coefficient (Wildman–Crippen LogP) is 2.32. The molecule has 2 aromatic heterocycles. The third-order valence-corrected chi connectivity index (χ3v) is 5.19. The number of piperazine rings is 1. The van der Waals surface area contributed by atoms with Crippen molar-refractivity contribution in [3.63, 3.8) is 0 Å². The van der Waals surface area contributed by atoms with Gasteiger partial charge in [-0.1, -0.05) is 29.8 Å². The maximum absolute atomic E-state index is 12.1. The number of carbonyl (C=O) groups excluding carboxylic acids is 1. The number of halogens is 1. The monoisotopic (exact) mass is 408 g/mol. The molecule has 0 radical (unpaired) electrons. The van der Waals surface area contributed by atoms with Crippen molar-refractivity contribution in [2.45, 2.75) is 6.42 Å². The number of rotatable bonds is 5. The van der Waals surface area contributed by atoms with Crippen LogP contribution in [0, 0.1) is 0 Å². The molecule has 1 fully saturated rings. The molecule has 0 unspecified atom stereocenters. The van der Waals surface area contributed by atoms with Gasteiger partial charge >= 0.3 is 0 Å². The summed E-state index contributed by atoms with van der Waals surface area (Å²) in [4.78, 5) is 26.5. The number of nitrogens with zero attached hydrogens (tertiary/aromatic N) is 4. The number of nitrogens with two attached hydrogens (primary N) is 1. The Balaban J connectivity index is 1.63. The Hall–Kier alpha value is -3.03. The quantitative estimate of drug-likeness (QED) is 0.629. The fourth-order valence-corrected chi connectivity index (χ4v) is 3.48. The van der Waals surface area contributed by atoms with Gasteiger partial charge in [-0.05, 0) is 41.3 Å². The van der Waals surface area contributed by atoms with E-state index in [9.17, 15) is 4.79 Å². The summed E-state index contributed by atoms with van der Waals surface area (Å²) in [5.41, 5.74) is 9.87. The zero-order valence-electron chi connectivity index (χ0n) is 15.8. The van der Waals surface area contributed by atoms with Crippen LogP contribution in [0.25, 0.3) is 16.5 Å². The molecule has 4 rings (SSSR count). The summed E-state index contributed by atoms with van der Waals surface area (Å²) in [5, 5.41) is 4.37. The summed E-state index contributed by atoms with van der Waals surface area (Å²) in [6.45, 7) is 2.45. The minimum Gasteiger partial charge on any atom is -0.383 e. The van der Waals surface area contributed by atoms with Crippen molar-refractivity contribution in [1.82, 2.24) is 25.2 Å². The Morgan fingerprint density at radius 1 is 1.24 bits per heavy atom. The van der Waals surface area contributed by atoms with Gasteiger partial charge in [0.05, 0.1) is 12.1 Å². The second-order valence-corrected chi connectivity index (χ2v) is 7.29. The fraction of sp³-hybridized carbons (Fsp3) is 0.238. The molecule has 1 aliphatic heterocycles. The number of amides is 1. The number of anilines is 1. The first-order chi connectivity index (χ1) is 14.1. The number of carbonyl (C=O) groups is 1. The van der Waals surface area contributed by atoms with Gasteiger partial charge in [0.2, 0.25) is 5.91 Å². The highest BCUT2D eigenvalue weighted by Crippen LogP contribution is 2.24. The van der Waals surface area contributed by atoms with Gasteiger partial charge in [0, 0.05) is 31.2 Å². The molecule has 3 N–H and O–H groups in total. The highest BCUT2D eigenvalue weighted by molar-refractivity contribution is 6.29. The highest BCUT2D eigenvalue weighted by atomic mass is 35.5. The van der Waals surface area contributed by atoms with E-state index >= 15 is 0 Å². The fourth-order valence-electron chi connectivity index (χ4n) is 3.37. The molecule has 3 aromatic rings. The lowest BCUT2D eigenvalue weighted by Gasteiger charge is -2.26. The van der Waals surface area contributed by atoms with Crippen LogP contribution in [-0.2, 0) is 11.2 Å². The zero-order chi connectivity index (χ0) is 20.2. The van der Waals surface area contributed by atoms with Crippen LogP contribution < -0.4 is 11.1 Å². The summed E-state index contributed by atoms with van der Waals surface area (Å²) < 4.78 is 0. The van der Waals surface area contributed by atoms with Gasteiger partial charge in [-0.2, -0.15) is 0 Å². The van der Waals surface area contributed by atoms with E-state index in [0.29, 0.717) is 37.0 Å². The summed E-state index contributed by atoms with van der Waals surface area (Å²) in [7, 11) is 0. The van der Waals surface area contributed by atoms with Gasteiger partial charge in [-0.3, -0.25) is 4.79 Å². The Labute approximate surface area is 173 Å². The van der Waals surface area contributed by atoms with Gasteiger partial charge in [0.1, 0.15) is 17.3 Å². The molecule has 0 saturated carbocycles. The first-order valence-corrected chi connectivity index (χ1v) is 9.76. The third-order valence-electron chi connectivity index (χ3n) is 4.97. The summed E-state index contributed by atoms with van der Waals surface area (Å²) >= 11 is 5.96. The number of benzene rings is 1. The second-order valence-electron chi connectivity index (χ2n) is 6.90. The van der Waals surface area contributed by atoms with Crippen LogP contribution in [0.2, 0.25) is 5.15 Å². The molecule has 29 heavy (non-hydrogen) atoms. The number of fused-ring (bicyclic) bond motifs is 1. The van der Waals surface area contributed by atoms with Crippen molar-refractivity contribution >= 4 is 39.8 Å². The average Bonchev–Trinajstić information content (AvgIpc) is 2.73. The standard InChI is InChI=1S/C21H21ClN6O/c22-19-4-2-16(11-25-19)15(5-7-28-8-6-24-12-20(28)29)9-14-1-3-17-18(10-14)26-13-27-21(17)23/h1-5,10-11,13,24H,6-9,12H2,(H2,23,26,27). The number of allylic oxidation sites excluding steroid dienone is 1. The SMILES string of the molecule is Nc1ncnc2cc(CC(=CCN3CCNCC3=O)c3ccc(Cl)nc3)ccc12. The van der Waals surface area contributed by atoms with Crippen molar-refractivity contribution < 1.29 is 4.79 Å². The predicted molar refractivity (Wildman–Crippen MR) is 114 cm³/mol. The van der Waals surface area contributed by atoms with Crippen molar-refractivity contribution in [1.29, 1.82) is 0 Å². The van der Waals surface area contributed by atoms with Gasteiger partial charge in [0.15, 0.2) is 0 Å². The van der Waals surface area contributed by atoms with E-state index in [-0.39, 0.29) is 5.91 Å². The number of hydrogen-bond donors (Lipinski definition) is 2. The second kappa shape index (κ2) is 8.55. The normalized spacial score (nSPS) is 15.1. The first kappa shape index (κ1) is 19.3. The number of aromatic nitrogens is 3. The van der Waals surface area contributed by atoms with E-state index in [1.807, 2.05) is 29.2 Å². The van der Waals surface area contributed by atoms with Crippen LogP contribution in [0.1, 0.15) is 11.1 Å². The average molecular weight is 409 g/mol. The summed E-state index contributed by atoms with van der Waals surface area (Å²) in [6, 6.07) is 9.70.